The second-order valence-corrected chi connectivity index (χ2v) is 4.22. The van der Waals surface area contributed by atoms with Crippen LogP contribution < -0.4 is 5.73 Å². The number of amidine groups is 1. The van der Waals surface area contributed by atoms with Crippen molar-refractivity contribution in [2.45, 2.75) is 19.9 Å². The monoisotopic (exact) mass is 224 g/mol. The highest BCUT2D eigenvalue weighted by Gasteiger charge is 2.35. The number of amides is 2. The average molecular weight is 224 g/mol. The van der Waals surface area contributed by atoms with E-state index < -0.39 is 0 Å². The van der Waals surface area contributed by atoms with Gasteiger partial charge in [-0.25, -0.2) is 9.78 Å². The summed E-state index contributed by atoms with van der Waals surface area (Å²) >= 11 is 1.51. The molecule has 0 aliphatic carbocycles. The third kappa shape index (κ3) is 1.61. The van der Waals surface area contributed by atoms with Crippen molar-refractivity contribution in [3.63, 3.8) is 0 Å². The summed E-state index contributed by atoms with van der Waals surface area (Å²) in [4.78, 5) is 21.2. The second kappa shape index (κ2) is 3.62. The van der Waals surface area contributed by atoms with Gasteiger partial charge in [-0.15, -0.1) is 11.3 Å². The van der Waals surface area contributed by atoms with E-state index in [9.17, 15) is 4.79 Å². The number of nitrogens with two attached hydrogens (primary N) is 1. The van der Waals surface area contributed by atoms with Crippen molar-refractivity contribution in [1.82, 2.24) is 9.88 Å². The number of rotatable bonds is 2. The Labute approximate surface area is 91.6 Å². The number of thiazole rings is 1. The highest BCUT2D eigenvalue weighted by atomic mass is 32.1. The lowest BCUT2D eigenvalue weighted by Crippen LogP contribution is -2.33. The predicted molar refractivity (Wildman–Crippen MR) is 59.0 cm³/mol. The van der Waals surface area contributed by atoms with Crippen LogP contribution in [0.1, 0.15) is 23.7 Å². The molecule has 0 spiro atoms. The number of likely N-dealkylation sites (N-methyl/N-ethyl adjacent to an activating group) is 1. The van der Waals surface area contributed by atoms with Gasteiger partial charge in [0.15, 0.2) is 0 Å². The highest BCUT2D eigenvalue weighted by Crippen LogP contribution is 2.28. The molecule has 5 nitrogen and oxygen atoms in total. The van der Waals surface area contributed by atoms with Gasteiger partial charge < -0.3 is 10.6 Å². The van der Waals surface area contributed by atoms with Crippen LogP contribution in [-0.4, -0.2) is 28.3 Å². The molecule has 6 heteroatoms. The molecule has 0 aromatic carbocycles. The Morgan fingerprint density at radius 1 is 1.67 bits per heavy atom. The van der Waals surface area contributed by atoms with Gasteiger partial charge in [0.25, 0.3) is 0 Å². The van der Waals surface area contributed by atoms with E-state index in [0.717, 1.165) is 10.7 Å². The molecule has 1 aliphatic rings. The molecule has 2 rings (SSSR count). The van der Waals surface area contributed by atoms with Crippen LogP contribution in [0, 0.1) is 6.92 Å². The van der Waals surface area contributed by atoms with Crippen molar-refractivity contribution >= 4 is 23.2 Å². The molecule has 1 unspecified atom stereocenters. The lowest BCUT2D eigenvalue weighted by molar-refractivity contribution is 0.209. The topological polar surface area (TPSA) is 71.6 Å². The molecule has 0 radical (unpaired) electrons. The SMILES string of the molecule is CCN1C(=O)N=C(N)C1c1nc(C)cs1. The minimum atomic E-state index is -0.271. The first-order valence-corrected chi connectivity index (χ1v) is 5.58. The molecule has 2 N–H and O–H groups in total. The summed E-state index contributed by atoms with van der Waals surface area (Å²) in [6.45, 7) is 4.41. The average Bonchev–Trinajstić information content (AvgIpc) is 2.70. The molecule has 0 bridgehead atoms. The molecule has 1 aromatic heterocycles. The number of carbonyl (C=O) groups is 1. The van der Waals surface area contributed by atoms with E-state index in [1.54, 1.807) is 4.90 Å². The Bertz CT molecular complexity index is 426. The van der Waals surface area contributed by atoms with E-state index in [4.69, 9.17) is 5.73 Å². The first-order valence-electron chi connectivity index (χ1n) is 4.70. The third-order valence-electron chi connectivity index (χ3n) is 2.27. The number of aromatic nitrogens is 1. The van der Waals surface area contributed by atoms with Gasteiger partial charge in [-0.3, -0.25) is 0 Å². The highest BCUT2D eigenvalue weighted by molar-refractivity contribution is 7.09. The zero-order valence-corrected chi connectivity index (χ0v) is 9.41. The molecule has 80 valence electrons. The normalized spacial score (nSPS) is 20.9. The van der Waals surface area contributed by atoms with E-state index in [-0.39, 0.29) is 12.1 Å². The summed E-state index contributed by atoms with van der Waals surface area (Å²) in [5.74, 6) is 0.344. The number of carbonyl (C=O) groups excluding carboxylic acids is 1. The molecule has 1 aliphatic heterocycles. The molecule has 0 saturated carbocycles. The van der Waals surface area contributed by atoms with Crippen LogP contribution in [0.15, 0.2) is 10.4 Å². The van der Waals surface area contributed by atoms with Gasteiger partial charge in [0.1, 0.15) is 16.9 Å². The molecule has 1 aromatic rings. The summed E-state index contributed by atoms with van der Waals surface area (Å²) in [7, 11) is 0. The van der Waals surface area contributed by atoms with Crippen molar-refractivity contribution in [3.05, 3.63) is 16.1 Å². The van der Waals surface area contributed by atoms with Gasteiger partial charge in [-0.2, -0.15) is 4.99 Å². The number of hydrogen-bond acceptors (Lipinski definition) is 4. The first-order chi connectivity index (χ1) is 7.13. The fourth-order valence-corrected chi connectivity index (χ4v) is 2.50. The molecule has 15 heavy (non-hydrogen) atoms. The minimum absolute atomic E-state index is 0.263. The molecule has 2 heterocycles. The largest absolute Gasteiger partial charge is 0.385 e. The van der Waals surface area contributed by atoms with Crippen LogP contribution in [-0.2, 0) is 0 Å². The number of aliphatic imine (C=N–C) groups is 1. The van der Waals surface area contributed by atoms with Crippen LogP contribution in [0.5, 0.6) is 0 Å². The number of urea groups is 1. The maximum atomic E-state index is 11.4. The molecule has 0 saturated heterocycles. The number of aryl methyl sites for hydroxylation is 1. The molecule has 2 amide bonds. The molecule has 0 fully saturated rings. The Balaban J connectivity index is 2.35. The Hall–Kier alpha value is -1.43. The summed E-state index contributed by atoms with van der Waals surface area (Å²) in [5, 5.41) is 2.78. The number of hydrogen-bond donors (Lipinski definition) is 1. The minimum Gasteiger partial charge on any atom is -0.385 e. The van der Waals surface area contributed by atoms with Gasteiger partial charge in [0, 0.05) is 17.6 Å². The molecule has 1 atom stereocenters. The van der Waals surface area contributed by atoms with E-state index in [1.807, 2.05) is 19.2 Å². The van der Waals surface area contributed by atoms with E-state index in [0.29, 0.717) is 12.4 Å². The second-order valence-electron chi connectivity index (χ2n) is 3.33. The van der Waals surface area contributed by atoms with Crippen LogP contribution in [0.3, 0.4) is 0 Å². The van der Waals surface area contributed by atoms with Crippen molar-refractivity contribution in [2.75, 3.05) is 6.54 Å². The molecular weight excluding hydrogens is 212 g/mol. The maximum Gasteiger partial charge on any atom is 0.346 e. The standard InChI is InChI=1S/C9H12N4OS/c1-3-13-6(7(10)12-9(13)14)8-11-5(2)4-15-8/h4,6H,3H2,1-2H3,(H2,10,12,14). The third-order valence-corrected chi connectivity index (χ3v) is 3.29. The zero-order chi connectivity index (χ0) is 11.0. The summed E-state index contributed by atoms with van der Waals surface area (Å²) < 4.78 is 0. The summed E-state index contributed by atoms with van der Waals surface area (Å²) in [5.41, 5.74) is 6.67. The van der Waals surface area contributed by atoms with Gasteiger partial charge in [0.2, 0.25) is 0 Å². The summed E-state index contributed by atoms with van der Waals surface area (Å²) in [6, 6.07) is -0.533. The fourth-order valence-electron chi connectivity index (χ4n) is 1.58. The lowest BCUT2D eigenvalue weighted by Gasteiger charge is -2.20. The maximum absolute atomic E-state index is 11.4. The van der Waals surface area contributed by atoms with Crippen molar-refractivity contribution < 1.29 is 4.79 Å². The van der Waals surface area contributed by atoms with Crippen LogP contribution in [0.2, 0.25) is 0 Å². The molecular formula is C9H12N4OS. The van der Waals surface area contributed by atoms with Gasteiger partial charge in [0.05, 0.1) is 0 Å². The van der Waals surface area contributed by atoms with Crippen molar-refractivity contribution in [1.29, 1.82) is 0 Å². The predicted octanol–water partition coefficient (Wildman–Crippen LogP) is 1.31. The van der Waals surface area contributed by atoms with Gasteiger partial charge in [-0.05, 0) is 13.8 Å². The Kier molecular flexibility index (Phi) is 2.44. The van der Waals surface area contributed by atoms with E-state index in [2.05, 4.69) is 9.98 Å². The van der Waals surface area contributed by atoms with Crippen LogP contribution in [0.25, 0.3) is 0 Å². The van der Waals surface area contributed by atoms with Crippen LogP contribution in [0.4, 0.5) is 4.79 Å². The van der Waals surface area contributed by atoms with Gasteiger partial charge in [-0.1, -0.05) is 0 Å². The zero-order valence-electron chi connectivity index (χ0n) is 8.60. The van der Waals surface area contributed by atoms with Crippen LogP contribution >= 0.6 is 11.3 Å². The van der Waals surface area contributed by atoms with Crippen molar-refractivity contribution in [2.24, 2.45) is 10.7 Å². The Morgan fingerprint density at radius 2 is 2.40 bits per heavy atom. The fraction of sp³-hybridized carbons (Fsp3) is 0.444. The Morgan fingerprint density at radius 3 is 2.93 bits per heavy atom. The van der Waals surface area contributed by atoms with E-state index >= 15 is 0 Å². The lowest BCUT2D eigenvalue weighted by atomic mass is 10.2. The quantitative estimate of drug-likeness (QED) is 0.823. The smallest absolute Gasteiger partial charge is 0.346 e. The van der Waals surface area contributed by atoms with E-state index in [1.165, 1.54) is 11.3 Å². The number of nitrogens with zero attached hydrogens (tertiary/aromatic N) is 3. The first kappa shape index (κ1) is 10.1. The van der Waals surface area contributed by atoms with Crippen molar-refractivity contribution in [3.8, 4) is 0 Å². The van der Waals surface area contributed by atoms with Gasteiger partial charge >= 0.3 is 6.03 Å². The summed E-state index contributed by atoms with van der Waals surface area (Å²) in [6.07, 6.45) is 0.